The van der Waals surface area contributed by atoms with Gasteiger partial charge in [0.25, 0.3) is 5.91 Å². The van der Waals surface area contributed by atoms with Crippen molar-refractivity contribution < 1.29 is 23.1 Å². The zero-order valence-electron chi connectivity index (χ0n) is 20.5. The van der Waals surface area contributed by atoms with E-state index in [0.717, 1.165) is 17.5 Å². The first-order chi connectivity index (χ1) is 18.4. The lowest BCUT2D eigenvalue weighted by atomic mass is 10.1. The lowest BCUT2D eigenvalue weighted by molar-refractivity contribution is -0.116. The fourth-order valence-corrected chi connectivity index (χ4v) is 4.34. The molecule has 194 valence electrons. The van der Waals surface area contributed by atoms with E-state index in [9.17, 15) is 14.0 Å². The van der Waals surface area contributed by atoms with Crippen LogP contribution in [0.4, 0.5) is 4.39 Å². The van der Waals surface area contributed by atoms with Gasteiger partial charge >= 0.3 is 0 Å². The van der Waals surface area contributed by atoms with Crippen LogP contribution >= 0.6 is 11.6 Å². The fraction of sp³-hybridized carbons (Fsp3) is 0.214. The number of furan rings is 1. The molecule has 3 aromatic heterocycles. The molecule has 10 heteroatoms. The van der Waals surface area contributed by atoms with E-state index in [1.807, 2.05) is 19.1 Å². The van der Waals surface area contributed by atoms with Crippen molar-refractivity contribution in [3.63, 3.8) is 0 Å². The summed E-state index contributed by atoms with van der Waals surface area (Å²) >= 11 is 6.48. The maximum Gasteiger partial charge on any atom is 0.257 e. The van der Waals surface area contributed by atoms with Gasteiger partial charge in [0.2, 0.25) is 5.91 Å². The average Bonchev–Trinajstić information content (AvgIpc) is 3.36. The first-order valence-corrected chi connectivity index (χ1v) is 12.4. The number of nitrogens with zero attached hydrogens (tertiary/aromatic N) is 3. The summed E-state index contributed by atoms with van der Waals surface area (Å²) < 4.78 is 25.6. The highest BCUT2D eigenvalue weighted by atomic mass is 35.5. The van der Waals surface area contributed by atoms with Gasteiger partial charge in [-0.2, -0.15) is 0 Å². The van der Waals surface area contributed by atoms with Crippen LogP contribution in [0.25, 0.3) is 28.3 Å². The van der Waals surface area contributed by atoms with Crippen LogP contribution in [0.2, 0.25) is 5.02 Å². The van der Waals surface area contributed by atoms with Gasteiger partial charge < -0.3 is 19.4 Å². The van der Waals surface area contributed by atoms with Crippen LogP contribution in [0.15, 0.2) is 59.3 Å². The second kappa shape index (κ2) is 11.1. The van der Waals surface area contributed by atoms with Crippen LogP contribution < -0.4 is 5.32 Å². The zero-order valence-corrected chi connectivity index (χ0v) is 21.3. The lowest BCUT2D eigenvalue weighted by Crippen LogP contribution is -2.41. The van der Waals surface area contributed by atoms with E-state index in [-0.39, 0.29) is 18.0 Å². The van der Waals surface area contributed by atoms with Crippen molar-refractivity contribution in [2.45, 2.75) is 13.5 Å². The van der Waals surface area contributed by atoms with Crippen LogP contribution in [-0.2, 0) is 16.1 Å². The minimum atomic E-state index is -0.688. The molecule has 1 saturated heterocycles. The topological polar surface area (TPSA) is 97.6 Å². The molecule has 1 fully saturated rings. The predicted octanol–water partition coefficient (Wildman–Crippen LogP) is 4.79. The van der Waals surface area contributed by atoms with Gasteiger partial charge in [0, 0.05) is 42.0 Å². The molecular formula is C28H24ClFN4O4. The number of ether oxygens (including phenoxy) is 1. The molecule has 2 amide bonds. The maximum absolute atomic E-state index is 14.5. The summed E-state index contributed by atoms with van der Waals surface area (Å²) in [6, 6.07) is 10.4. The van der Waals surface area contributed by atoms with Gasteiger partial charge in [0.15, 0.2) is 11.4 Å². The van der Waals surface area contributed by atoms with Crippen LogP contribution in [0.1, 0.15) is 27.4 Å². The van der Waals surface area contributed by atoms with Crippen LogP contribution in [0.3, 0.4) is 0 Å². The Bertz CT molecular complexity index is 1530. The van der Waals surface area contributed by atoms with Crippen molar-refractivity contribution in [2.24, 2.45) is 0 Å². The number of morpholine rings is 1. The van der Waals surface area contributed by atoms with E-state index in [0.29, 0.717) is 59.3 Å². The molecule has 4 heterocycles. The average molecular weight is 535 g/mol. The first kappa shape index (κ1) is 25.6. The van der Waals surface area contributed by atoms with E-state index in [1.165, 1.54) is 12.1 Å². The molecule has 38 heavy (non-hydrogen) atoms. The Kier molecular flexibility index (Phi) is 7.48. The Balaban J connectivity index is 1.32. The number of hydrogen-bond acceptors (Lipinski definition) is 6. The quantitative estimate of drug-likeness (QED) is 0.357. The summed E-state index contributed by atoms with van der Waals surface area (Å²) in [5, 5.41) is 3.79. The summed E-state index contributed by atoms with van der Waals surface area (Å²) in [5.41, 5.74) is 3.11. The molecule has 0 aliphatic carbocycles. The molecular weight excluding hydrogens is 511 g/mol. The summed E-state index contributed by atoms with van der Waals surface area (Å²) in [6.45, 7) is 3.69. The molecule has 4 aromatic rings. The SMILES string of the molecule is Cc1ccc(/C=C/C(=O)NCc2cc3cc(-c4cc(C(=O)N5CCOCC5)c(F)cn4)cc(Cl)c3o2)cn1. The molecule has 5 rings (SSSR count). The van der Waals surface area contributed by atoms with E-state index in [4.69, 9.17) is 20.8 Å². The van der Waals surface area contributed by atoms with E-state index in [1.54, 1.807) is 35.4 Å². The Morgan fingerprint density at radius 1 is 1.13 bits per heavy atom. The fourth-order valence-electron chi connectivity index (χ4n) is 4.08. The number of halogens is 2. The number of benzene rings is 1. The van der Waals surface area contributed by atoms with Crippen LogP contribution in [0, 0.1) is 12.7 Å². The van der Waals surface area contributed by atoms with Gasteiger partial charge in [-0.1, -0.05) is 17.7 Å². The van der Waals surface area contributed by atoms with Crippen LogP contribution in [0.5, 0.6) is 0 Å². The molecule has 1 aromatic carbocycles. The Hall–Kier alpha value is -4.08. The van der Waals surface area contributed by atoms with Crippen molar-refractivity contribution in [2.75, 3.05) is 26.3 Å². The minimum Gasteiger partial charge on any atom is -0.458 e. The van der Waals surface area contributed by atoms with Gasteiger partial charge in [-0.3, -0.25) is 19.6 Å². The smallest absolute Gasteiger partial charge is 0.257 e. The van der Waals surface area contributed by atoms with Crippen molar-refractivity contribution in [1.82, 2.24) is 20.2 Å². The van der Waals surface area contributed by atoms with Crippen molar-refractivity contribution in [1.29, 1.82) is 0 Å². The monoisotopic (exact) mass is 534 g/mol. The second-order valence-electron chi connectivity index (χ2n) is 8.83. The maximum atomic E-state index is 14.5. The Labute approximate surface area is 223 Å². The number of amides is 2. The van der Waals surface area contributed by atoms with Gasteiger partial charge in [-0.05, 0) is 48.9 Å². The molecule has 0 unspecified atom stereocenters. The number of hydrogen-bond donors (Lipinski definition) is 1. The minimum absolute atomic E-state index is 0.0572. The third kappa shape index (κ3) is 5.74. The van der Waals surface area contributed by atoms with Crippen molar-refractivity contribution >= 4 is 40.5 Å². The normalized spacial score (nSPS) is 13.8. The van der Waals surface area contributed by atoms with E-state index >= 15 is 0 Å². The van der Waals surface area contributed by atoms with Gasteiger partial charge in [0.05, 0.1) is 42.2 Å². The zero-order chi connectivity index (χ0) is 26.6. The number of aromatic nitrogens is 2. The first-order valence-electron chi connectivity index (χ1n) is 12.0. The van der Waals surface area contributed by atoms with Gasteiger partial charge in [-0.15, -0.1) is 0 Å². The standard InChI is InChI=1S/C28H24ClFN4O4/c1-17-2-3-18(14-31-17)4-5-26(35)33-15-21-11-20-10-19(12-23(29)27(20)38-21)25-13-22(24(30)16-32-25)28(36)34-6-8-37-9-7-34/h2-5,10-14,16H,6-9,15H2,1H3,(H,33,35)/b5-4+. The number of pyridine rings is 2. The number of aryl methyl sites for hydroxylation is 1. The summed E-state index contributed by atoms with van der Waals surface area (Å²) in [6.07, 6.45) is 5.83. The van der Waals surface area contributed by atoms with Crippen molar-refractivity contribution in [3.05, 3.63) is 88.3 Å². The number of fused-ring (bicyclic) bond motifs is 1. The number of carbonyl (C=O) groups is 2. The van der Waals surface area contributed by atoms with E-state index in [2.05, 4.69) is 15.3 Å². The molecule has 1 aliphatic rings. The Morgan fingerprint density at radius 2 is 1.95 bits per heavy atom. The number of rotatable bonds is 6. The second-order valence-corrected chi connectivity index (χ2v) is 9.23. The molecule has 8 nitrogen and oxygen atoms in total. The third-order valence-electron chi connectivity index (χ3n) is 6.10. The third-order valence-corrected chi connectivity index (χ3v) is 6.38. The van der Waals surface area contributed by atoms with Gasteiger partial charge in [0.1, 0.15) is 5.76 Å². The summed E-state index contributed by atoms with van der Waals surface area (Å²) in [5.74, 6) is -0.874. The Morgan fingerprint density at radius 3 is 2.71 bits per heavy atom. The van der Waals surface area contributed by atoms with E-state index < -0.39 is 11.7 Å². The largest absolute Gasteiger partial charge is 0.458 e. The van der Waals surface area contributed by atoms with Crippen molar-refractivity contribution in [3.8, 4) is 11.3 Å². The predicted molar refractivity (Wildman–Crippen MR) is 141 cm³/mol. The molecule has 0 bridgehead atoms. The summed E-state index contributed by atoms with van der Waals surface area (Å²) in [7, 11) is 0. The number of nitrogens with one attached hydrogen (secondary N) is 1. The highest BCUT2D eigenvalue weighted by Crippen LogP contribution is 2.33. The molecule has 0 atom stereocenters. The summed E-state index contributed by atoms with van der Waals surface area (Å²) in [4.78, 5) is 35.0. The van der Waals surface area contributed by atoms with Crippen LogP contribution in [-0.4, -0.2) is 53.0 Å². The molecule has 1 N–H and O–H groups in total. The molecule has 1 aliphatic heterocycles. The van der Waals surface area contributed by atoms with Gasteiger partial charge in [-0.25, -0.2) is 4.39 Å². The lowest BCUT2D eigenvalue weighted by Gasteiger charge is -2.27. The highest BCUT2D eigenvalue weighted by Gasteiger charge is 2.23. The molecule has 0 spiro atoms. The number of carbonyl (C=O) groups excluding carboxylic acids is 2. The molecule has 0 saturated carbocycles. The highest BCUT2D eigenvalue weighted by molar-refractivity contribution is 6.35. The molecule has 0 radical (unpaired) electrons.